The van der Waals surface area contributed by atoms with Crippen LogP contribution in [-0.4, -0.2) is 44.3 Å². The van der Waals surface area contributed by atoms with Crippen molar-refractivity contribution in [2.45, 2.75) is 66.1 Å². The summed E-state index contributed by atoms with van der Waals surface area (Å²) in [6.07, 6.45) is 2.31. The quantitative estimate of drug-likeness (QED) is 0.645. The molecule has 0 aromatic carbocycles. The minimum atomic E-state index is -0.695. The van der Waals surface area contributed by atoms with Gasteiger partial charge < -0.3 is 14.2 Å². The van der Waals surface area contributed by atoms with Crippen LogP contribution < -0.4 is 0 Å². The minimum Gasteiger partial charge on any atom is -0.463 e. The molecular weight excluding hydrogens is 284 g/mol. The van der Waals surface area contributed by atoms with Crippen molar-refractivity contribution in [3.05, 3.63) is 0 Å². The lowest BCUT2D eigenvalue weighted by Gasteiger charge is -2.31. The van der Waals surface area contributed by atoms with Gasteiger partial charge in [0.2, 0.25) is 0 Å². The summed E-state index contributed by atoms with van der Waals surface area (Å²) in [7, 11) is 1.65. The summed E-state index contributed by atoms with van der Waals surface area (Å²) in [5, 5.41) is 0. The lowest BCUT2D eigenvalue weighted by Crippen LogP contribution is -2.36. The van der Waals surface area contributed by atoms with Gasteiger partial charge in [-0.1, -0.05) is 13.8 Å². The summed E-state index contributed by atoms with van der Waals surface area (Å²) in [5.41, 5.74) is -1.23. The maximum Gasteiger partial charge on any atom is 0.311 e. The van der Waals surface area contributed by atoms with E-state index in [-0.39, 0.29) is 30.6 Å². The third-order valence-electron chi connectivity index (χ3n) is 4.34. The van der Waals surface area contributed by atoms with Crippen LogP contribution in [0.15, 0.2) is 0 Å². The summed E-state index contributed by atoms with van der Waals surface area (Å²) < 4.78 is 16.2. The van der Waals surface area contributed by atoms with Crippen LogP contribution >= 0.6 is 0 Å². The highest BCUT2D eigenvalue weighted by atomic mass is 16.6. The molecule has 1 saturated heterocycles. The number of Topliss-reactive ketones (excluding diaryl/α,β-unsaturated/α-hetero) is 1. The molecule has 1 fully saturated rings. The number of esters is 1. The molecule has 0 aliphatic carbocycles. The molecule has 1 heterocycles. The maximum absolute atomic E-state index is 12.3. The first-order chi connectivity index (χ1) is 10.1. The average Bonchev–Trinajstić information content (AvgIpc) is 2.82. The van der Waals surface area contributed by atoms with Gasteiger partial charge in [-0.3, -0.25) is 9.59 Å². The Balaban J connectivity index is 2.46. The monoisotopic (exact) mass is 314 g/mol. The summed E-state index contributed by atoms with van der Waals surface area (Å²) in [5.74, 6) is -0.199. The molecule has 22 heavy (non-hydrogen) atoms. The Morgan fingerprint density at radius 3 is 2.09 bits per heavy atom. The van der Waals surface area contributed by atoms with E-state index >= 15 is 0 Å². The Hall–Kier alpha value is -0.940. The van der Waals surface area contributed by atoms with Gasteiger partial charge in [0.05, 0.1) is 24.2 Å². The van der Waals surface area contributed by atoms with Crippen molar-refractivity contribution in [3.63, 3.8) is 0 Å². The van der Waals surface area contributed by atoms with Crippen LogP contribution in [-0.2, 0) is 23.8 Å². The fourth-order valence-corrected chi connectivity index (χ4v) is 2.88. The van der Waals surface area contributed by atoms with Gasteiger partial charge in [0.15, 0.2) is 0 Å². The lowest BCUT2D eigenvalue weighted by molar-refractivity contribution is -0.160. The topological polar surface area (TPSA) is 61.8 Å². The first kappa shape index (κ1) is 19.1. The van der Waals surface area contributed by atoms with E-state index in [1.807, 2.05) is 27.7 Å². The number of ether oxygens (including phenoxy) is 3. The van der Waals surface area contributed by atoms with Crippen LogP contribution in [0.25, 0.3) is 0 Å². The van der Waals surface area contributed by atoms with Gasteiger partial charge in [-0.15, -0.1) is 0 Å². The van der Waals surface area contributed by atoms with E-state index in [9.17, 15) is 9.59 Å². The molecule has 0 N–H and O–H groups in total. The highest BCUT2D eigenvalue weighted by Crippen LogP contribution is 2.35. The molecule has 2 atom stereocenters. The van der Waals surface area contributed by atoms with Gasteiger partial charge in [0.1, 0.15) is 12.4 Å². The molecule has 0 bridgehead atoms. The van der Waals surface area contributed by atoms with Crippen molar-refractivity contribution in [3.8, 4) is 0 Å². The summed E-state index contributed by atoms with van der Waals surface area (Å²) in [4.78, 5) is 24.0. The van der Waals surface area contributed by atoms with Gasteiger partial charge in [0, 0.05) is 12.5 Å². The van der Waals surface area contributed by atoms with Crippen LogP contribution in [0.1, 0.15) is 53.9 Å². The highest BCUT2D eigenvalue weighted by Gasteiger charge is 2.39. The SMILES string of the molecule is COCC1CCC(COC(=O)C(C)(C)CC(C)(C)C(C)=O)O1. The smallest absolute Gasteiger partial charge is 0.311 e. The Bertz CT molecular complexity index is 400. The second-order valence-corrected chi connectivity index (χ2v) is 7.51. The second-order valence-electron chi connectivity index (χ2n) is 7.51. The number of rotatable bonds is 8. The number of hydrogen-bond donors (Lipinski definition) is 0. The van der Waals surface area contributed by atoms with Gasteiger partial charge in [-0.05, 0) is 40.0 Å². The number of hydrogen-bond acceptors (Lipinski definition) is 5. The van der Waals surface area contributed by atoms with Crippen molar-refractivity contribution in [1.29, 1.82) is 0 Å². The summed E-state index contributed by atoms with van der Waals surface area (Å²) in [6.45, 7) is 9.77. The number of carbonyl (C=O) groups is 2. The molecule has 1 aliphatic heterocycles. The molecule has 0 saturated carbocycles. The number of methoxy groups -OCH3 is 1. The standard InChI is InChI=1S/C17H30O5/c1-12(18)16(2,3)11-17(4,5)15(19)21-10-14-8-7-13(22-14)9-20-6/h13-14H,7-11H2,1-6H3. The van der Waals surface area contributed by atoms with Gasteiger partial charge in [-0.2, -0.15) is 0 Å². The Morgan fingerprint density at radius 1 is 1.05 bits per heavy atom. The first-order valence-corrected chi connectivity index (χ1v) is 7.91. The third kappa shape index (κ3) is 5.36. The molecule has 0 radical (unpaired) electrons. The number of ketones is 1. The van der Waals surface area contributed by atoms with E-state index in [0.717, 1.165) is 12.8 Å². The van der Waals surface area contributed by atoms with E-state index in [0.29, 0.717) is 13.0 Å². The summed E-state index contributed by atoms with van der Waals surface area (Å²) >= 11 is 0. The highest BCUT2D eigenvalue weighted by molar-refractivity contribution is 5.83. The molecule has 0 amide bonds. The molecular formula is C17H30O5. The molecule has 128 valence electrons. The van der Waals surface area contributed by atoms with Crippen LogP contribution in [0.4, 0.5) is 0 Å². The molecule has 0 aromatic rings. The Kier molecular flexibility index (Phi) is 6.56. The van der Waals surface area contributed by atoms with Crippen molar-refractivity contribution >= 4 is 11.8 Å². The van der Waals surface area contributed by atoms with E-state index in [2.05, 4.69) is 0 Å². The predicted molar refractivity (Wildman–Crippen MR) is 83.6 cm³/mol. The van der Waals surface area contributed by atoms with E-state index in [1.165, 1.54) is 0 Å². The lowest BCUT2D eigenvalue weighted by atomic mass is 9.73. The van der Waals surface area contributed by atoms with Gasteiger partial charge in [-0.25, -0.2) is 0 Å². The molecule has 5 nitrogen and oxygen atoms in total. The largest absolute Gasteiger partial charge is 0.463 e. The van der Waals surface area contributed by atoms with Crippen molar-refractivity contribution in [1.82, 2.24) is 0 Å². The van der Waals surface area contributed by atoms with E-state index in [1.54, 1.807) is 14.0 Å². The number of carbonyl (C=O) groups excluding carboxylic acids is 2. The Labute approximate surface area is 133 Å². The van der Waals surface area contributed by atoms with Crippen molar-refractivity contribution in [2.75, 3.05) is 20.3 Å². The van der Waals surface area contributed by atoms with Crippen molar-refractivity contribution in [2.24, 2.45) is 10.8 Å². The molecule has 1 aliphatic rings. The van der Waals surface area contributed by atoms with E-state index in [4.69, 9.17) is 14.2 Å². The van der Waals surface area contributed by atoms with Crippen LogP contribution in [0.5, 0.6) is 0 Å². The molecule has 2 unspecified atom stereocenters. The fraction of sp³-hybridized carbons (Fsp3) is 0.882. The second kappa shape index (κ2) is 7.55. The molecule has 5 heteroatoms. The third-order valence-corrected chi connectivity index (χ3v) is 4.34. The zero-order valence-electron chi connectivity index (χ0n) is 14.7. The van der Waals surface area contributed by atoms with E-state index < -0.39 is 10.8 Å². The zero-order chi connectivity index (χ0) is 17.0. The predicted octanol–water partition coefficient (Wildman–Crippen LogP) is 2.76. The normalized spacial score (nSPS) is 22.6. The van der Waals surface area contributed by atoms with Crippen LogP contribution in [0, 0.1) is 10.8 Å². The first-order valence-electron chi connectivity index (χ1n) is 7.91. The van der Waals surface area contributed by atoms with Crippen LogP contribution in [0.2, 0.25) is 0 Å². The van der Waals surface area contributed by atoms with Gasteiger partial charge in [0.25, 0.3) is 0 Å². The zero-order valence-corrected chi connectivity index (χ0v) is 14.7. The molecule has 0 spiro atoms. The van der Waals surface area contributed by atoms with Gasteiger partial charge >= 0.3 is 5.97 Å². The maximum atomic E-state index is 12.3. The average molecular weight is 314 g/mol. The molecule has 0 aromatic heterocycles. The van der Waals surface area contributed by atoms with Crippen molar-refractivity contribution < 1.29 is 23.8 Å². The fourth-order valence-electron chi connectivity index (χ4n) is 2.88. The Morgan fingerprint density at radius 2 is 1.59 bits per heavy atom. The van der Waals surface area contributed by atoms with Crippen LogP contribution in [0.3, 0.4) is 0 Å². The summed E-state index contributed by atoms with van der Waals surface area (Å²) in [6, 6.07) is 0. The molecule has 1 rings (SSSR count). The minimum absolute atomic E-state index is 0.0549.